The second kappa shape index (κ2) is 6.62. The third kappa shape index (κ3) is 3.18. The fourth-order valence-electron chi connectivity index (χ4n) is 1.90. The summed E-state index contributed by atoms with van der Waals surface area (Å²) in [6.45, 7) is 1.83. The van der Waals surface area contributed by atoms with E-state index in [0.29, 0.717) is 11.0 Å². The molecule has 7 heteroatoms. The van der Waals surface area contributed by atoms with Crippen LogP contribution < -0.4 is 10.1 Å². The van der Waals surface area contributed by atoms with Crippen molar-refractivity contribution >= 4 is 17.7 Å². The predicted molar refractivity (Wildman–Crippen MR) is 82.4 cm³/mol. The molecule has 1 atom stereocenters. The number of hydrogen-bond acceptors (Lipinski definition) is 5. The Morgan fingerprint density at radius 1 is 1.38 bits per heavy atom. The number of nitrogens with one attached hydrogen (secondary N) is 1. The van der Waals surface area contributed by atoms with E-state index in [-0.39, 0.29) is 11.2 Å². The van der Waals surface area contributed by atoms with Gasteiger partial charge in [-0.25, -0.2) is 0 Å². The maximum atomic E-state index is 11.6. The van der Waals surface area contributed by atoms with Crippen molar-refractivity contribution in [2.45, 2.75) is 17.3 Å². The van der Waals surface area contributed by atoms with E-state index in [1.54, 1.807) is 14.2 Å². The number of nitrogens with zero attached hydrogens (tertiary/aromatic N) is 3. The first kappa shape index (κ1) is 15.4. The number of aromatic nitrogens is 3. The summed E-state index contributed by atoms with van der Waals surface area (Å²) in [6, 6.07) is 7.64. The standard InChI is InChI=1S/C14H18N4O2S/c1-9(13(19)15-2)21-14-17-16-12(18(14)3)10-7-5-6-8-11(10)20-4/h5-9H,1-4H3,(H,15,19). The highest BCUT2D eigenvalue weighted by molar-refractivity contribution is 8.00. The van der Waals surface area contributed by atoms with Crippen molar-refractivity contribution in [3.8, 4) is 17.1 Å². The molecule has 21 heavy (non-hydrogen) atoms. The van der Waals surface area contributed by atoms with E-state index in [1.807, 2.05) is 42.8 Å². The van der Waals surface area contributed by atoms with Crippen LogP contribution in [0.15, 0.2) is 29.4 Å². The average Bonchev–Trinajstić information content (AvgIpc) is 2.87. The number of amides is 1. The molecule has 0 aliphatic carbocycles. The Morgan fingerprint density at radius 3 is 2.76 bits per heavy atom. The number of para-hydroxylation sites is 1. The van der Waals surface area contributed by atoms with Crippen molar-refractivity contribution in [3.63, 3.8) is 0 Å². The topological polar surface area (TPSA) is 69.0 Å². The smallest absolute Gasteiger partial charge is 0.233 e. The first-order valence-corrected chi connectivity index (χ1v) is 7.37. The zero-order valence-corrected chi connectivity index (χ0v) is 13.3. The van der Waals surface area contributed by atoms with Crippen LogP contribution >= 0.6 is 11.8 Å². The average molecular weight is 306 g/mol. The normalized spacial score (nSPS) is 12.0. The van der Waals surface area contributed by atoms with E-state index in [9.17, 15) is 4.79 Å². The summed E-state index contributed by atoms with van der Waals surface area (Å²) in [6.07, 6.45) is 0. The van der Waals surface area contributed by atoms with Crippen molar-refractivity contribution in [2.75, 3.05) is 14.2 Å². The first-order valence-electron chi connectivity index (χ1n) is 6.49. The quantitative estimate of drug-likeness (QED) is 0.852. The van der Waals surface area contributed by atoms with Gasteiger partial charge in [-0.05, 0) is 19.1 Å². The van der Waals surface area contributed by atoms with Gasteiger partial charge in [-0.1, -0.05) is 23.9 Å². The maximum Gasteiger partial charge on any atom is 0.233 e. The summed E-state index contributed by atoms with van der Waals surface area (Å²) in [4.78, 5) is 11.6. The van der Waals surface area contributed by atoms with E-state index >= 15 is 0 Å². The fourth-order valence-corrected chi connectivity index (χ4v) is 2.77. The van der Waals surface area contributed by atoms with Gasteiger partial charge in [-0.2, -0.15) is 0 Å². The molecule has 0 fully saturated rings. The van der Waals surface area contributed by atoms with Crippen LogP contribution in [0.25, 0.3) is 11.4 Å². The first-order chi connectivity index (χ1) is 10.1. The molecule has 1 unspecified atom stereocenters. The largest absolute Gasteiger partial charge is 0.496 e. The predicted octanol–water partition coefficient (Wildman–Crippen LogP) is 1.72. The van der Waals surface area contributed by atoms with Crippen molar-refractivity contribution in [2.24, 2.45) is 7.05 Å². The highest BCUT2D eigenvalue weighted by atomic mass is 32.2. The van der Waals surface area contributed by atoms with E-state index in [4.69, 9.17) is 4.74 Å². The van der Waals surface area contributed by atoms with Gasteiger partial charge in [0.05, 0.1) is 17.9 Å². The summed E-state index contributed by atoms with van der Waals surface area (Å²) in [5, 5.41) is 11.5. The Kier molecular flexibility index (Phi) is 4.85. The number of carbonyl (C=O) groups excluding carboxylic acids is 1. The Labute approximate surface area is 127 Å². The molecule has 1 heterocycles. The molecule has 1 amide bonds. The SMILES string of the molecule is CNC(=O)C(C)Sc1nnc(-c2ccccc2OC)n1C. The van der Waals surface area contributed by atoms with Crippen molar-refractivity contribution < 1.29 is 9.53 Å². The number of benzene rings is 1. The molecule has 6 nitrogen and oxygen atoms in total. The molecule has 0 radical (unpaired) electrons. The number of hydrogen-bond donors (Lipinski definition) is 1. The van der Waals surface area contributed by atoms with Crippen molar-refractivity contribution in [3.05, 3.63) is 24.3 Å². The monoisotopic (exact) mass is 306 g/mol. The number of carbonyl (C=O) groups is 1. The zero-order valence-electron chi connectivity index (χ0n) is 12.5. The third-order valence-electron chi connectivity index (χ3n) is 3.08. The third-order valence-corrected chi connectivity index (χ3v) is 4.21. The Balaban J connectivity index is 2.31. The van der Waals surface area contributed by atoms with Crippen LogP contribution in [0.2, 0.25) is 0 Å². The number of rotatable bonds is 5. The molecule has 0 aliphatic heterocycles. The molecule has 1 N–H and O–H groups in total. The van der Waals surface area contributed by atoms with Crippen LogP contribution in [0.5, 0.6) is 5.75 Å². The van der Waals surface area contributed by atoms with Crippen LogP contribution in [-0.2, 0) is 11.8 Å². The van der Waals surface area contributed by atoms with Crippen molar-refractivity contribution in [1.82, 2.24) is 20.1 Å². The number of methoxy groups -OCH3 is 1. The van der Waals surface area contributed by atoms with Crippen molar-refractivity contribution in [1.29, 1.82) is 0 Å². The lowest BCUT2D eigenvalue weighted by Gasteiger charge is -2.10. The zero-order chi connectivity index (χ0) is 15.4. The van der Waals surface area contributed by atoms with E-state index in [2.05, 4.69) is 15.5 Å². The van der Waals surface area contributed by atoms with E-state index in [0.717, 1.165) is 11.3 Å². The van der Waals surface area contributed by atoms with Crippen LogP contribution in [0.1, 0.15) is 6.92 Å². The van der Waals surface area contributed by atoms with Crippen LogP contribution in [0.3, 0.4) is 0 Å². The minimum Gasteiger partial charge on any atom is -0.496 e. The molecule has 0 saturated carbocycles. The summed E-state index contributed by atoms with van der Waals surface area (Å²) >= 11 is 1.37. The van der Waals surface area contributed by atoms with E-state index in [1.165, 1.54) is 11.8 Å². The van der Waals surface area contributed by atoms with Crippen LogP contribution in [-0.4, -0.2) is 40.1 Å². The molecule has 0 spiro atoms. The molecular weight excluding hydrogens is 288 g/mol. The Hall–Kier alpha value is -2.02. The second-order valence-corrected chi connectivity index (χ2v) is 5.75. The van der Waals surface area contributed by atoms with Gasteiger partial charge in [-0.15, -0.1) is 10.2 Å². The van der Waals surface area contributed by atoms with Gasteiger partial charge in [0, 0.05) is 14.1 Å². The van der Waals surface area contributed by atoms with Gasteiger partial charge >= 0.3 is 0 Å². The summed E-state index contributed by atoms with van der Waals surface area (Å²) < 4.78 is 7.21. The summed E-state index contributed by atoms with van der Waals surface area (Å²) in [5.74, 6) is 1.41. The molecule has 1 aromatic heterocycles. The molecular formula is C14H18N4O2S. The van der Waals surface area contributed by atoms with Gasteiger partial charge in [0.1, 0.15) is 5.75 Å². The van der Waals surface area contributed by atoms with Gasteiger partial charge in [0.15, 0.2) is 11.0 Å². The van der Waals surface area contributed by atoms with Crippen LogP contribution in [0, 0.1) is 0 Å². The molecule has 0 saturated heterocycles. The minimum atomic E-state index is -0.233. The Morgan fingerprint density at radius 2 is 2.10 bits per heavy atom. The lowest BCUT2D eigenvalue weighted by molar-refractivity contribution is -0.119. The molecule has 0 aliphatic rings. The summed E-state index contributed by atoms with van der Waals surface area (Å²) in [5.41, 5.74) is 0.870. The molecule has 112 valence electrons. The van der Waals surface area contributed by atoms with Crippen LogP contribution in [0.4, 0.5) is 0 Å². The highest BCUT2D eigenvalue weighted by Gasteiger charge is 2.19. The van der Waals surface area contributed by atoms with Gasteiger partial charge in [0.25, 0.3) is 0 Å². The maximum absolute atomic E-state index is 11.6. The lowest BCUT2D eigenvalue weighted by atomic mass is 10.2. The van der Waals surface area contributed by atoms with Gasteiger partial charge in [0.2, 0.25) is 5.91 Å². The second-order valence-electron chi connectivity index (χ2n) is 4.44. The number of thioether (sulfide) groups is 1. The highest BCUT2D eigenvalue weighted by Crippen LogP contribution is 2.30. The Bertz CT molecular complexity index is 642. The fraction of sp³-hybridized carbons (Fsp3) is 0.357. The molecule has 2 aromatic rings. The molecule has 0 bridgehead atoms. The summed E-state index contributed by atoms with van der Waals surface area (Å²) in [7, 11) is 5.12. The molecule has 1 aromatic carbocycles. The lowest BCUT2D eigenvalue weighted by Crippen LogP contribution is -2.27. The van der Waals surface area contributed by atoms with Gasteiger partial charge < -0.3 is 14.6 Å². The number of ether oxygens (including phenoxy) is 1. The van der Waals surface area contributed by atoms with Gasteiger partial charge in [-0.3, -0.25) is 4.79 Å². The minimum absolute atomic E-state index is 0.0400. The molecule has 2 rings (SSSR count). The van der Waals surface area contributed by atoms with E-state index < -0.39 is 0 Å².